The van der Waals surface area contributed by atoms with Gasteiger partial charge in [-0.1, -0.05) is 18.5 Å². The van der Waals surface area contributed by atoms with E-state index in [-0.39, 0.29) is 5.91 Å². The van der Waals surface area contributed by atoms with Crippen molar-refractivity contribution < 1.29 is 9.21 Å². The van der Waals surface area contributed by atoms with Gasteiger partial charge in [0.1, 0.15) is 11.3 Å². The highest BCUT2D eigenvalue weighted by Gasteiger charge is 2.02. The van der Waals surface area contributed by atoms with Crippen molar-refractivity contribution in [2.75, 3.05) is 6.54 Å². The normalized spacial score (nSPS) is 11.2. The molecule has 3 nitrogen and oxygen atoms in total. The molecule has 0 aliphatic carbocycles. The second kappa shape index (κ2) is 5.74. The van der Waals surface area contributed by atoms with Gasteiger partial charge in [0.25, 0.3) is 0 Å². The van der Waals surface area contributed by atoms with E-state index in [1.54, 1.807) is 12.1 Å². The molecule has 1 aromatic carbocycles. The number of rotatable bonds is 4. The van der Waals surface area contributed by atoms with E-state index < -0.39 is 0 Å². The molecule has 0 spiro atoms. The summed E-state index contributed by atoms with van der Waals surface area (Å²) in [6, 6.07) is 7.26. The smallest absolute Gasteiger partial charge is 0.244 e. The largest absolute Gasteiger partial charge is 0.457 e. The van der Waals surface area contributed by atoms with Crippen molar-refractivity contribution in [1.29, 1.82) is 0 Å². The van der Waals surface area contributed by atoms with Crippen molar-refractivity contribution in [3.63, 3.8) is 0 Å². The summed E-state index contributed by atoms with van der Waals surface area (Å²) in [5.74, 6) is 0.522. The summed E-state index contributed by atoms with van der Waals surface area (Å²) in [5, 5.41) is 4.35. The summed E-state index contributed by atoms with van der Waals surface area (Å²) in [7, 11) is 0. The van der Waals surface area contributed by atoms with E-state index in [0.29, 0.717) is 17.3 Å². The summed E-state index contributed by atoms with van der Waals surface area (Å²) in [4.78, 5) is 11.4. The molecule has 1 aromatic heterocycles. The van der Waals surface area contributed by atoms with Crippen LogP contribution in [0.2, 0.25) is 5.02 Å². The number of halogens is 1. The predicted octanol–water partition coefficient (Wildman–Crippen LogP) is 3.63. The summed E-state index contributed by atoms with van der Waals surface area (Å²) in [5.41, 5.74) is 0.757. The van der Waals surface area contributed by atoms with E-state index in [1.807, 2.05) is 25.1 Å². The molecule has 0 atom stereocenters. The van der Waals surface area contributed by atoms with Gasteiger partial charge in [-0.3, -0.25) is 4.79 Å². The lowest BCUT2D eigenvalue weighted by molar-refractivity contribution is -0.116. The van der Waals surface area contributed by atoms with E-state index in [4.69, 9.17) is 16.0 Å². The number of furan rings is 1. The van der Waals surface area contributed by atoms with Crippen molar-refractivity contribution in [2.45, 2.75) is 13.3 Å². The molecule has 0 radical (unpaired) electrons. The zero-order chi connectivity index (χ0) is 13.0. The molecular weight excluding hydrogens is 250 g/mol. The van der Waals surface area contributed by atoms with E-state index >= 15 is 0 Å². The molecule has 1 amide bonds. The maximum atomic E-state index is 11.4. The molecule has 1 N–H and O–H groups in total. The first-order valence-corrected chi connectivity index (χ1v) is 6.22. The maximum absolute atomic E-state index is 11.4. The molecule has 18 heavy (non-hydrogen) atoms. The second-order valence-electron chi connectivity index (χ2n) is 3.96. The fourth-order valence-electron chi connectivity index (χ4n) is 1.58. The third-order valence-corrected chi connectivity index (χ3v) is 2.68. The van der Waals surface area contributed by atoms with Gasteiger partial charge in [0.2, 0.25) is 5.91 Å². The Kier molecular flexibility index (Phi) is 4.05. The van der Waals surface area contributed by atoms with Crippen LogP contribution < -0.4 is 5.32 Å². The number of hydrogen-bond acceptors (Lipinski definition) is 2. The lowest BCUT2D eigenvalue weighted by atomic mass is 10.2. The molecule has 0 fully saturated rings. The van der Waals surface area contributed by atoms with Crippen LogP contribution >= 0.6 is 11.6 Å². The van der Waals surface area contributed by atoms with E-state index in [0.717, 1.165) is 17.4 Å². The van der Waals surface area contributed by atoms with Crippen LogP contribution in [-0.4, -0.2) is 12.5 Å². The van der Waals surface area contributed by atoms with E-state index in [9.17, 15) is 4.79 Å². The third kappa shape index (κ3) is 3.14. The first-order valence-electron chi connectivity index (χ1n) is 5.84. The van der Waals surface area contributed by atoms with Crippen molar-refractivity contribution in [3.8, 4) is 0 Å². The average molecular weight is 264 g/mol. The zero-order valence-corrected chi connectivity index (χ0v) is 10.8. The minimum Gasteiger partial charge on any atom is -0.457 e. The summed E-state index contributed by atoms with van der Waals surface area (Å²) in [6.45, 7) is 2.69. The molecule has 2 rings (SSSR count). The Labute approximate surface area is 110 Å². The molecule has 4 heteroatoms. The van der Waals surface area contributed by atoms with Crippen LogP contribution in [0.1, 0.15) is 19.1 Å². The maximum Gasteiger partial charge on any atom is 0.244 e. The van der Waals surface area contributed by atoms with Crippen LogP contribution in [0.3, 0.4) is 0 Å². The molecule has 0 unspecified atom stereocenters. The number of hydrogen-bond donors (Lipinski definition) is 1. The number of nitrogens with one attached hydrogen (secondary N) is 1. The van der Waals surface area contributed by atoms with Crippen molar-refractivity contribution >= 4 is 34.6 Å². The molecule has 0 aliphatic rings. The number of carbonyl (C=O) groups excluding carboxylic acids is 1. The molecule has 0 saturated carbocycles. The van der Waals surface area contributed by atoms with Gasteiger partial charge in [-0.05, 0) is 36.8 Å². The summed E-state index contributed by atoms with van der Waals surface area (Å²) in [6.07, 6.45) is 4.04. The zero-order valence-electron chi connectivity index (χ0n) is 10.1. The Morgan fingerprint density at radius 3 is 3.06 bits per heavy atom. The van der Waals surface area contributed by atoms with Gasteiger partial charge in [-0.2, -0.15) is 0 Å². The second-order valence-corrected chi connectivity index (χ2v) is 4.39. The van der Waals surface area contributed by atoms with Gasteiger partial charge in [0.15, 0.2) is 0 Å². The highest BCUT2D eigenvalue weighted by Crippen LogP contribution is 2.23. The Morgan fingerprint density at radius 1 is 1.44 bits per heavy atom. The Morgan fingerprint density at radius 2 is 2.28 bits per heavy atom. The van der Waals surface area contributed by atoms with Gasteiger partial charge in [-0.25, -0.2) is 0 Å². The van der Waals surface area contributed by atoms with Crippen molar-refractivity contribution in [1.82, 2.24) is 5.32 Å². The number of amides is 1. The topological polar surface area (TPSA) is 42.2 Å². The molecule has 2 aromatic rings. The Bertz CT molecular complexity index is 586. The minimum absolute atomic E-state index is 0.115. The van der Waals surface area contributed by atoms with Gasteiger partial charge in [-0.15, -0.1) is 0 Å². The van der Waals surface area contributed by atoms with Crippen molar-refractivity contribution in [2.24, 2.45) is 0 Å². The van der Waals surface area contributed by atoms with E-state index in [2.05, 4.69) is 5.32 Å². The van der Waals surface area contributed by atoms with Gasteiger partial charge in [0.05, 0.1) is 0 Å². The molecule has 0 aliphatic heterocycles. The third-order valence-electron chi connectivity index (χ3n) is 2.45. The number of benzene rings is 1. The van der Waals surface area contributed by atoms with Crippen LogP contribution in [0, 0.1) is 0 Å². The first-order chi connectivity index (χ1) is 8.69. The fourth-order valence-corrected chi connectivity index (χ4v) is 1.76. The Hall–Kier alpha value is -1.74. The van der Waals surface area contributed by atoms with Gasteiger partial charge < -0.3 is 9.73 Å². The molecule has 94 valence electrons. The summed E-state index contributed by atoms with van der Waals surface area (Å²) < 4.78 is 5.55. The standard InChI is InChI=1S/C14H14ClNO2/c1-2-7-16-14(17)6-4-12-9-10-8-11(15)3-5-13(10)18-12/h3-6,8-9H,2,7H2,1H3,(H,16,17). The molecular formula is C14H14ClNO2. The summed E-state index contributed by atoms with van der Waals surface area (Å²) >= 11 is 5.89. The highest BCUT2D eigenvalue weighted by molar-refractivity contribution is 6.31. The van der Waals surface area contributed by atoms with Gasteiger partial charge in [0, 0.05) is 23.0 Å². The minimum atomic E-state index is -0.115. The van der Waals surface area contributed by atoms with Crippen LogP contribution in [0.5, 0.6) is 0 Å². The van der Waals surface area contributed by atoms with Crippen LogP contribution in [0.4, 0.5) is 0 Å². The van der Waals surface area contributed by atoms with Crippen molar-refractivity contribution in [3.05, 3.63) is 41.1 Å². The van der Waals surface area contributed by atoms with Crippen LogP contribution in [0.25, 0.3) is 17.0 Å². The monoisotopic (exact) mass is 263 g/mol. The predicted molar refractivity (Wildman–Crippen MR) is 73.6 cm³/mol. The molecule has 0 bridgehead atoms. The average Bonchev–Trinajstić information content (AvgIpc) is 2.75. The van der Waals surface area contributed by atoms with Crippen LogP contribution in [-0.2, 0) is 4.79 Å². The highest BCUT2D eigenvalue weighted by atomic mass is 35.5. The van der Waals surface area contributed by atoms with Crippen LogP contribution in [0.15, 0.2) is 34.8 Å². The number of carbonyl (C=O) groups is 1. The van der Waals surface area contributed by atoms with Gasteiger partial charge >= 0.3 is 0 Å². The first kappa shape index (κ1) is 12.7. The lowest BCUT2D eigenvalue weighted by Crippen LogP contribution is -2.21. The SMILES string of the molecule is CCCNC(=O)C=Cc1cc2cc(Cl)ccc2o1. The molecule has 0 saturated heterocycles. The Balaban J connectivity index is 2.12. The van der Waals surface area contributed by atoms with E-state index in [1.165, 1.54) is 6.08 Å². The molecule has 1 heterocycles. The fraction of sp³-hybridized carbons (Fsp3) is 0.214. The number of fused-ring (bicyclic) bond motifs is 1. The quantitative estimate of drug-likeness (QED) is 0.856. The lowest BCUT2D eigenvalue weighted by Gasteiger charge is -1.96.